The number of fused-ring (bicyclic) bond motifs is 2. The maximum Gasteiger partial charge on any atom is 0.277 e. The molecule has 2 aromatic carbocycles. The van der Waals surface area contributed by atoms with Gasteiger partial charge in [0.05, 0.1) is 10.5 Å². The Morgan fingerprint density at radius 2 is 1.70 bits per heavy atom. The van der Waals surface area contributed by atoms with E-state index in [1.165, 1.54) is 25.2 Å². The van der Waals surface area contributed by atoms with E-state index in [-0.39, 0.29) is 23.4 Å². The molecule has 2 aliphatic heterocycles. The fourth-order valence-electron chi connectivity index (χ4n) is 5.89. The zero-order valence-corrected chi connectivity index (χ0v) is 21.2. The minimum Gasteiger partial charge on any atom is -0.340 e. The van der Waals surface area contributed by atoms with E-state index in [0.29, 0.717) is 30.5 Å². The van der Waals surface area contributed by atoms with E-state index < -0.39 is 15.9 Å². The van der Waals surface area contributed by atoms with Crippen molar-refractivity contribution in [1.82, 2.24) is 24.7 Å². The second-order valence-corrected chi connectivity index (χ2v) is 12.0. The minimum absolute atomic E-state index is 0.0465. The number of aromatic nitrogens is 2. The number of benzene rings is 2. The Labute approximate surface area is 215 Å². The Bertz CT molecular complexity index is 1400. The van der Waals surface area contributed by atoms with Crippen molar-refractivity contribution in [2.24, 2.45) is 11.8 Å². The van der Waals surface area contributed by atoms with E-state index in [0.717, 1.165) is 30.4 Å². The SMILES string of the molecule is O=C(NO)c1cnc(N2CC3C(C2)C3N(CCN2CCCC2)S(=O)(=O)c2ccc3ccccc3c2)nc1. The molecule has 3 fully saturated rings. The summed E-state index contributed by atoms with van der Waals surface area (Å²) in [5.41, 5.74) is 1.74. The first-order valence-corrected chi connectivity index (χ1v) is 14.1. The van der Waals surface area contributed by atoms with Gasteiger partial charge in [-0.3, -0.25) is 10.0 Å². The summed E-state index contributed by atoms with van der Waals surface area (Å²) in [4.78, 5) is 24.8. The summed E-state index contributed by atoms with van der Waals surface area (Å²) < 4.78 is 29.7. The molecule has 0 radical (unpaired) electrons. The van der Waals surface area contributed by atoms with Crippen LogP contribution in [0.2, 0.25) is 0 Å². The van der Waals surface area contributed by atoms with Crippen molar-refractivity contribution in [3.05, 3.63) is 60.4 Å². The predicted molar refractivity (Wildman–Crippen MR) is 138 cm³/mol. The van der Waals surface area contributed by atoms with Crippen molar-refractivity contribution in [2.75, 3.05) is 44.2 Å². The third-order valence-electron chi connectivity index (χ3n) is 7.93. The summed E-state index contributed by atoms with van der Waals surface area (Å²) in [5.74, 6) is 0.250. The molecule has 1 saturated carbocycles. The first-order chi connectivity index (χ1) is 18.0. The smallest absolute Gasteiger partial charge is 0.277 e. The molecule has 37 heavy (non-hydrogen) atoms. The molecule has 11 heteroatoms. The first kappa shape index (κ1) is 24.2. The molecule has 0 bridgehead atoms. The second kappa shape index (κ2) is 9.64. The summed E-state index contributed by atoms with van der Waals surface area (Å²) in [7, 11) is -3.67. The zero-order valence-electron chi connectivity index (χ0n) is 20.4. The van der Waals surface area contributed by atoms with Crippen LogP contribution in [-0.4, -0.2) is 84.0 Å². The van der Waals surface area contributed by atoms with Crippen LogP contribution in [0.5, 0.6) is 0 Å². The molecular formula is C26H30N6O4S. The molecule has 2 atom stereocenters. The maximum atomic E-state index is 14.0. The summed E-state index contributed by atoms with van der Waals surface area (Å²) in [6, 6.07) is 13.2. The van der Waals surface area contributed by atoms with Gasteiger partial charge in [-0.05, 0) is 60.7 Å². The molecule has 2 unspecified atom stereocenters. The molecule has 10 nitrogen and oxygen atoms in total. The Morgan fingerprint density at radius 1 is 1.03 bits per heavy atom. The van der Waals surface area contributed by atoms with Gasteiger partial charge < -0.3 is 9.80 Å². The molecule has 1 aromatic heterocycles. The van der Waals surface area contributed by atoms with Crippen molar-refractivity contribution in [3.63, 3.8) is 0 Å². The Kier molecular flexibility index (Phi) is 6.31. The highest BCUT2D eigenvalue weighted by Crippen LogP contribution is 2.51. The number of carbonyl (C=O) groups is 1. The lowest BCUT2D eigenvalue weighted by Crippen LogP contribution is -2.43. The highest BCUT2D eigenvalue weighted by Gasteiger charge is 2.61. The Hall–Kier alpha value is -3.12. The molecule has 2 saturated heterocycles. The van der Waals surface area contributed by atoms with Crippen LogP contribution in [-0.2, 0) is 10.0 Å². The molecule has 0 spiro atoms. The fraction of sp³-hybridized carbons (Fsp3) is 0.423. The zero-order chi connectivity index (χ0) is 25.6. The van der Waals surface area contributed by atoms with Gasteiger partial charge in [-0.25, -0.2) is 23.9 Å². The number of hydrogen-bond donors (Lipinski definition) is 2. The molecular weight excluding hydrogens is 492 g/mol. The summed E-state index contributed by atoms with van der Waals surface area (Å²) in [6.45, 7) is 4.59. The van der Waals surface area contributed by atoms with Crippen molar-refractivity contribution >= 4 is 32.7 Å². The van der Waals surface area contributed by atoms with E-state index in [4.69, 9.17) is 5.21 Å². The average Bonchev–Trinajstić information content (AvgIpc) is 3.28. The van der Waals surface area contributed by atoms with Gasteiger partial charge >= 0.3 is 0 Å². The van der Waals surface area contributed by atoms with Gasteiger partial charge in [-0.2, -0.15) is 4.31 Å². The van der Waals surface area contributed by atoms with E-state index in [2.05, 4.69) is 14.9 Å². The quantitative estimate of drug-likeness (QED) is 0.341. The van der Waals surface area contributed by atoms with Crippen LogP contribution in [0.3, 0.4) is 0 Å². The number of nitrogens with one attached hydrogen (secondary N) is 1. The van der Waals surface area contributed by atoms with Gasteiger partial charge in [0, 0.05) is 44.6 Å². The molecule has 194 valence electrons. The molecule has 3 aliphatic rings. The average molecular weight is 523 g/mol. The number of nitrogens with zero attached hydrogens (tertiary/aromatic N) is 5. The topological polar surface area (TPSA) is 119 Å². The van der Waals surface area contributed by atoms with Crippen molar-refractivity contribution in [2.45, 2.75) is 23.8 Å². The van der Waals surface area contributed by atoms with Gasteiger partial charge in [-0.15, -0.1) is 0 Å². The third-order valence-corrected chi connectivity index (χ3v) is 9.82. The number of hydrogen-bond acceptors (Lipinski definition) is 8. The van der Waals surface area contributed by atoms with Crippen LogP contribution in [0, 0.1) is 11.8 Å². The molecule has 1 amide bonds. The van der Waals surface area contributed by atoms with E-state index in [1.807, 2.05) is 35.2 Å². The van der Waals surface area contributed by atoms with Crippen LogP contribution < -0.4 is 10.4 Å². The maximum absolute atomic E-state index is 14.0. The second-order valence-electron chi connectivity index (χ2n) is 10.1. The van der Waals surface area contributed by atoms with Crippen molar-refractivity contribution in [3.8, 4) is 0 Å². The summed E-state index contributed by atoms with van der Waals surface area (Å²) in [5, 5.41) is 10.7. The fourth-order valence-corrected chi connectivity index (χ4v) is 7.63. The van der Waals surface area contributed by atoms with Crippen LogP contribution in [0.4, 0.5) is 5.95 Å². The lowest BCUT2D eigenvalue weighted by atomic mass is 10.1. The van der Waals surface area contributed by atoms with E-state index in [1.54, 1.807) is 21.9 Å². The Balaban J connectivity index is 1.21. The molecule has 3 heterocycles. The van der Waals surface area contributed by atoms with Crippen molar-refractivity contribution < 1.29 is 18.4 Å². The van der Waals surface area contributed by atoms with Crippen LogP contribution in [0.1, 0.15) is 23.2 Å². The monoisotopic (exact) mass is 522 g/mol. The molecule has 1 aliphatic carbocycles. The standard InChI is InChI=1S/C26H30N6O4S/c33-25(29-34)20-14-27-26(28-15-20)31-16-22-23(17-31)24(22)32(12-11-30-9-3-4-10-30)37(35,36)21-8-7-18-5-1-2-6-19(18)13-21/h1-2,5-8,13-15,22-24,34H,3-4,9-12,16-17H2,(H,29,33). The summed E-state index contributed by atoms with van der Waals surface area (Å²) >= 11 is 0. The van der Waals surface area contributed by atoms with Crippen molar-refractivity contribution in [1.29, 1.82) is 0 Å². The van der Waals surface area contributed by atoms with Gasteiger partial charge in [0.25, 0.3) is 5.91 Å². The largest absolute Gasteiger partial charge is 0.340 e. The Morgan fingerprint density at radius 3 is 2.38 bits per heavy atom. The first-order valence-electron chi connectivity index (χ1n) is 12.7. The van der Waals surface area contributed by atoms with Gasteiger partial charge in [0.15, 0.2) is 0 Å². The number of amides is 1. The molecule has 3 aromatic rings. The van der Waals surface area contributed by atoms with Gasteiger partial charge in [0.2, 0.25) is 16.0 Å². The lowest BCUT2D eigenvalue weighted by molar-refractivity contribution is 0.0705. The number of sulfonamides is 1. The van der Waals surface area contributed by atoms with Crippen LogP contribution in [0.15, 0.2) is 59.8 Å². The summed E-state index contributed by atoms with van der Waals surface area (Å²) in [6.07, 6.45) is 5.09. The molecule has 2 N–H and O–H groups in total. The van der Waals surface area contributed by atoms with Crippen LogP contribution in [0.25, 0.3) is 10.8 Å². The number of likely N-dealkylation sites (tertiary alicyclic amines) is 1. The van der Waals surface area contributed by atoms with Crippen LogP contribution >= 0.6 is 0 Å². The van der Waals surface area contributed by atoms with E-state index in [9.17, 15) is 13.2 Å². The number of anilines is 1. The highest BCUT2D eigenvalue weighted by atomic mass is 32.2. The number of carbonyl (C=O) groups excluding carboxylic acids is 1. The van der Waals surface area contributed by atoms with Gasteiger partial charge in [-0.1, -0.05) is 30.3 Å². The normalized spacial score (nSPS) is 23.5. The number of hydroxylamine groups is 1. The number of piperidine rings is 1. The third kappa shape index (κ3) is 4.56. The minimum atomic E-state index is -3.67. The van der Waals surface area contributed by atoms with Gasteiger partial charge in [0.1, 0.15) is 0 Å². The predicted octanol–water partition coefficient (Wildman–Crippen LogP) is 1.97. The molecule has 6 rings (SSSR count). The highest BCUT2D eigenvalue weighted by molar-refractivity contribution is 7.89. The van der Waals surface area contributed by atoms with E-state index >= 15 is 0 Å². The number of rotatable bonds is 8. The lowest BCUT2D eigenvalue weighted by Gasteiger charge is -2.28.